The topological polar surface area (TPSA) is 135 Å². The fourth-order valence-corrected chi connectivity index (χ4v) is 3.49. The van der Waals surface area contributed by atoms with Gasteiger partial charge in [0.1, 0.15) is 11.2 Å². The SMILES string of the molecule is C=C(/C=C\C(=N)C(=O)NC)C(=O)Nc1nc2c(OC)ncc(-c3cnn(C)c3)c2s1. The number of carbonyl (C=O) groups excluding carboxylic acids is 2. The van der Waals surface area contributed by atoms with Crippen LogP contribution in [0.15, 0.2) is 42.9 Å². The Morgan fingerprint density at radius 2 is 2.07 bits per heavy atom. The molecule has 3 N–H and O–H groups in total. The molecule has 0 spiro atoms. The first-order valence-electron chi connectivity index (χ1n) is 8.65. The van der Waals surface area contributed by atoms with Crippen molar-refractivity contribution in [3.8, 4) is 17.0 Å². The molecule has 10 nitrogen and oxygen atoms in total. The monoisotopic (exact) mass is 425 g/mol. The van der Waals surface area contributed by atoms with Crippen LogP contribution < -0.4 is 15.4 Å². The van der Waals surface area contributed by atoms with Crippen molar-refractivity contribution in [1.29, 1.82) is 5.41 Å². The van der Waals surface area contributed by atoms with Gasteiger partial charge in [-0.05, 0) is 12.2 Å². The van der Waals surface area contributed by atoms with Crippen molar-refractivity contribution >= 4 is 44.2 Å². The van der Waals surface area contributed by atoms with Crippen molar-refractivity contribution in [3.05, 3.63) is 42.9 Å². The van der Waals surface area contributed by atoms with Crippen LogP contribution in [0.4, 0.5) is 5.13 Å². The Labute approximate surface area is 175 Å². The lowest BCUT2D eigenvalue weighted by Crippen LogP contribution is -2.25. The average Bonchev–Trinajstić information content (AvgIpc) is 3.36. The van der Waals surface area contributed by atoms with E-state index in [2.05, 4.69) is 32.3 Å². The molecule has 0 aliphatic heterocycles. The molecule has 3 aromatic rings. The summed E-state index contributed by atoms with van der Waals surface area (Å²) in [7, 11) is 4.73. The number of thiazole rings is 1. The summed E-state index contributed by atoms with van der Waals surface area (Å²) < 4.78 is 7.76. The number of rotatable bonds is 7. The van der Waals surface area contributed by atoms with E-state index in [9.17, 15) is 9.59 Å². The maximum atomic E-state index is 12.4. The van der Waals surface area contributed by atoms with E-state index >= 15 is 0 Å². The van der Waals surface area contributed by atoms with Gasteiger partial charge in [-0.25, -0.2) is 9.97 Å². The maximum absolute atomic E-state index is 12.4. The summed E-state index contributed by atoms with van der Waals surface area (Å²) in [6, 6.07) is 0. The molecule has 0 radical (unpaired) electrons. The predicted octanol–water partition coefficient (Wildman–Crippen LogP) is 1.92. The van der Waals surface area contributed by atoms with Crippen LogP contribution in [-0.2, 0) is 16.6 Å². The van der Waals surface area contributed by atoms with Gasteiger partial charge in [0, 0.05) is 43.2 Å². The first-order chi connectivity index (χ1) is 14.3. The molecule has 0 aromatic carbocycles. The van der Waals surface area contributed by atoms with E-state index < -0.39 is 11.8 Å². The minimum Gasteiger partial charge on any atom is -0.479 e. The molecule has 0 fully saturated rings. The standard InChI is InChI=1S/C19H19N7O3S/c1-10(5-6-13(20)17(28)21-2)16(27)25-19-24-14-15(30-19)12(8-22-18(14)29-4)11-7-23-26(3)9-11/h5-9,20H,1H2,2-4H3,(H,21,28)(H,24,25,27)/b6-5-,20-13?. The number of fused-ring (bicyclic) bond motifs is 1. The van der Waals surface area contributed by atoms with Gasteiger partial charge in [0.15, 0.2) is 5.13 Å². The molecule has 0 saturated heterocycles. The first kappa shape index (κ1) is 20.9. The van der Waals surface area contributed by atoms with Crippen molar-refractivity contribution in [1.82, 2.24) is 25.1 Å². The lowest BCUT2D eigenvalue weighted by Gasteiger charge is -2.02. The van der Waals surface area contributed by atoms with Crippen LogP contribution >= 0.6 is 11.3 Å². The molecule has 30 heavy (non-hydrogen) atoms. The lowest BCUT2D eigenvalue weighted by atomic mass is 10.1. The number of ether oxygens (including phenoxy) is 1. The number of methoxy groups -OCH3 is 1. The molecule has 0 aliphatic carbocycles. The number of amides is 2. The second kappa shape index (κ2) is 8.66. The summed E-state index contributed by atoms with van der Waals surface area (Å²) in [5.74, 6) is -0.731. The van der Waals surface area contributed by atoms with Crippen molar-refractivity contribution in [3.63, 3.8) is 0 Å². The minimum atomic E-state index is -0.562. The summed E-state index contributed by atoms with van der Waals surface area (Å²) in [6.45, 7) is 3.67. The van der Waals surface area contributed by atoms with Gasteiger partial charge in [-0.2, -0.15) is 5.10 Å². The van der Waals surface area contributed by atoms with E-state index in [1.807, 2.05) is 13.2 Å². The molecule has 0 atom stereocenters. The normalized spacial score (nSPS) is 10.9. The van der Waals surface area contributed by atoms with Gasteiger partial charge < -0.3 is 10.1 Å². The Balaban J connectivity index is 1.87. The summed E-state index contributed by atoms with van der Waals surface area (Å²) in [5, 5.41) is 17.1. The van der Waals surface area contributed by atoms with Gasteiger partial charge in [0.05, 0.1) is 18.0 Å². The van der Waals surface area contributed by atoms with Crippen LogP contribution in [0.5, 0.6) is 5.88 Å². The Bertz CT molecular complexity index is 1190. The molecule has 0 bridgehead atoms. The highest BCUT2D eigenvalue weighted by molar-refractivity contribution is 7.23. The number of carbonyl (C=O) groups is 2. The van der Waals surface area contributed by atoms with E-state index in [-0.39, 0.29) is 11.3 Å². The zero-order chi connectivity index (χ0) is 21.8. The Kier molecular flexibility index (Phi) is 6.02. The van der Waals surface area contributed by atoms with Gasteiger partial charge in [0.25, 0.3) is 11.8 Å². The highest BCUT2D eigenvalue weighted by atomic mass is 32.1. The van der Waals surface area contributed by atoms with Gasteiger partial charge in [0.2, 0.25) is 5.88 Å². The molecule has 3 heterocycles. The number of hydrogen-bond donors (Lipinski definition) is 3. The first-order valence-corrected chi connectivity index (χ1v) is 9.47. The third-order valence-electron chi connectivity index (χ3n) is 4.03. The van der Waals surface area contributed by atoms with Crippen LogP contribution in [0.25, 0.3) is 21.3 Å². The fraction of sp³-hybridized carbons (Fsp3) is 0.158. The maximum Gasteiger partial charge on any atom is 0.268 e. The van der Waals surface area contributed by atoms with Gasteiger partial charge in [-0.15, -0.1) is 0 Å². The number of nitrogens with zero attached hydrogens (tertiary/aromatic N) is 4. The highest BCUT2D eigenvalue weighted by Gasteiger charge is 2.18. The van der Waals surface area contributed by atoms with Gasteiger partial charge in [-0.3, -0.25) is 25.0 Å². The summed E-state index contributed by atoms with van der Waals surface area (Å²) >= 11 is 1.26. The van der Waals surface area contributed by atoms with E-state index in [1.165, 1.54) is 37.6 Å². The number of anilines is 1. The summed E-state index contributed by atoms with van der Waals surface area (Å²) in [4.78, 5) is 32.5. The molecule has 11 heteroatoms. The van der Waals surface area contributed by atoms with Crippen LogP contribution in [-0.4, -0.2) is 51.4 Å². The average molecular weight is 425 g/mol. The molecule has 3 rings (SSSR count). The zero-order valence-electron chi connectivity index (χ0n) is 16.5. The van der Waals surface area contributed by atoms with Gasteiger partial charge in [-0.1, -0.05) is 17.9 Å². The number of hydrogen-bond acceptors (Lipinski definition) is 8. The number of nitrogens with one attached hydrogen (secondary N) is 3. The van der Waals surface area contributed by atoms with Crippen LogP contribution in [0.1, 0.15) is 0 Å². The Morgan fingerprint density at radius 1 is 1.30 bits per heavy atom. The molecule has 2 amide bonds. The molecule has 0 aliphatic rings. The quantitative estimate of drug-likeness (QED) is 0.301. The number of aromatic nitrogens is 4. The van der Waals surface area contributed by atoms with Gasteiger partial charge >= 0.3 is 0 Å². The molecule has 3 aromatic heterocycles. The molecule has 154 valence electrons. The number of pyridine rings is 1. The molecule has 0 unspecified atom stereocenters. The van der Waals surface area contributed by atoms with Crippen molar-refractivity contribution in [2.45, 2.75) is 0 Å². The highest BCUT2D eigenvalue weighted by Crippen LogP contribution is 2.38. The largest absolute Gasteiger partial charge is 0.479 e. The van der Waals surface area contributed by atoms with E-state index in [1.54, 1.807) is 17.1 Å². The minimum absolute atomic E-state index is 0.0699. The summed E-state index contributed by atoms with van der Waals surface area (Å²) in [5.41, 5.74) is 1.97. The zero-order valence-corrected chi connectivity index (χ0v) is 17.3. The third kappa shape index (κ3) is 4.25. The molecular formula is C19H19N7O3S. The van der Waals surface area contributed by atoms with Crippen molar-refractivity contribution < 1.29 is 14.3 Å². The molecule has 0 saturated carbocycles. The van der Waals surface area contributed by atoms with Crippen molar-refractivity contribution in [2.24, 2.45) is 7.05 Å². The van der Waals surface area contributed by atoms with Crippen LogP contribution in [0.3, 0.4) is 0 Å². The molecular weight excluding hydrogens is 406 g/mol. The van der Waals surface area contributed by atoms with E-state index in [0.29, 0.717) is 16.5 Å². The summed E-state index contributed by atoms with van der Waals surface area (Å²) in [6.07, 6.45) is 7.74. The second-order valence-electron chi connectivity index (χ2n) is 6.09. The predicted molar refractivity (Wildman–Crippen MR) is 115 cm³/mol. The van der Waals surface area contributed by atoms with Crippen LogP contribution in [0.2, 0.25) is 0 Å². The smallest absolute Gasteiger partial charge is 0.268 e. The Morgan fingerprint density at radius 3 is 2.70 bits per heavy atom. The van der Waals surface area contributed by atoms with Crippen LogP contribution in [0, 0.1) is 5.41 Å². The second-order valence-corrected chi connectivity index (χ2v) is 7.09. The van der Waals surface area contributed by atoms with E-state index in [4.69, 9.17) is 10.1 Å². The fourth-order valence-electron chi connectivity index (χ4n) is 2.51. The lowest BCUT2D eigenvalue weighted by molar-refractivity contribution is -0.114. The Hall–Kier alpha value is -3.86. The van der Waals surface area contributed by atoms with E-state index in [0.717, 1.165) is 15.8 Å². The van der Waals surface area contributed by atoms with Crippen molar-refractivity contribution in [2.75, 3.05) is 19.5 Å². The third-order valence-corrected chi connectivity index (χ3v) is 5.03. The number of aryl methyl sites for hydroxylation is 1.